The molecule has 0 aliphatic heterocycles. The molecule has 0 radical (unpaired) electrons. The minimum atomic E-state index is 0.529. The van der Waals surface area contributed by atoms with Crippen molar-refractivity contribution in [2.75, 3.05) is 0 Å². The molecule has 3 rings (SSSR count). The molecule has 2 bridgehead atoms. The van der Waals surface area contributed by atoms with Crippen molar-refractivity contribution in [1.29, 1.82) is 0 Å². The monoisotopic (exact) mass is 178 g/mol. The minimum Gasteiger partial charge on any atom is -0.498 e. The first-order valence-corrected chi connectivity index (χ1v) is 5.66. The van der Waals surface area contributed by atoms with Crippen LogP contribution in [0.1, 0.15) is 32.1 Å². The fraction of sp³-hybridized carbons (Fsp3) is 0.833. The van der Waals surface area contributed by atoms with Crippen molar-refractivity contribution in [3.8, 4) is 0 Å². The molecule has 0 saturated heterocycles. The van der Waals surface area contributed by atoms with Gasteiger partial charge in [0.05, 0.1) is 6.26 Å². The quantitative estimate of drug-likeness (QED) is 0.591. The minimum absolute atomic E-state index is 0.529. The Hall–Kier alpha value is -0.460. The highest BCUT2D eigenvalue weighted by Gasteiger charge is 2.54. The van der Waals surface area contributed by atoms with Gasteiger partial charge in [0.15, 0.2) is 0 Å². The van der Waals surface area contributed by atoms with Gasteiger partial charge in [0.1, 0.15) is 6.10 Å². The van der Waals surface area contributed by atoms with Gasteiger partial charge >= 0.3 is 0 Å². The van der Waals surface area contributed by atoms with E-state index in [-0.39, 0.29) is 0 Å². The molecule has 3 fully saturated rings. The summed E-state index contributed by atoms with van der Waals surface area (Å²) >= 11 is 0. The summed E-state index contributed by atoms with van der Waals surface area (Å²) in [6.45, 7) is 3.67. The number of hydrogen-bond acceptors (Lipinski definition) is 1. The number of hydrogen-bond donors (Lipinski definition) is 0. The average molecular weight is 178 g/mol. The molecule has 3 aliphatic carbocycles. The second-order valence-corrected chi connectivity index (χ2v) is 5.00. The summed E-state index contributed by atoms with van der Waals surface area (Å²) in [5.41, 5.74) is 0. The van der Waals surface area contributed by atoms with Gasteiger partial charge in [-0.3, -0.25) is 0 Å². The van der Waals surface area contributed by atoms with Gasteiger partial charge in [-0.25, -0.2) is 0 Å². The molecule has 13 heavy (non-hydrogen) atoms. The van der Waals surface area contributed by atoms with Gasteiger partial charge in [0.2, 0.25) is 0 Å². The van der Waals surface area contributed by atoms with Gasteiger partial charge < -0.3 is 4.74 Å². The van der Waals surface area contributed by atoms with Crippen LogP contribution in [0.2, 0.25) is 0 Å². The van der Waals surface area contributed by atoms with Crippen molar-refractivity contribution in [3.63, 3.8) is 0 Å². The molecular weight excluding hydrogens is 160 g/mol. The summed E-state index contributed by atoms with van der Waals surface area (Å²) in [6, 6.07) is 0. The molecule has 1 heteroatoms. The molecule has 4 unspecified atom stereocenters. The molecule has 0 heterocycles. The smallest absolute Gasteiger partial charge is 0.101 e. The van der Waals surface area contributed by atoms with Crippen molar-refractivity contribution >= 4 is 0 Å². The lowest BCUT2D eigenvalue weighted by Crippen LogP contribution is -2.29. The normalized spacial score (nSPS) is 52.2. The zero-order valence-corrected chi connectivity index (χ0v) is 8.11. The highest BCUT2D eigenvalue weighted by atomic mass is 16.5. The van der Waals surface area contributed by atoms with E-state index in [9.17, 15) is 0 Å². The molecule has 0 aromatic rings. The molecular formula is C12H18O. The van der Waals surface area contributed by atoms with Crippen molar-refractivity contribution in [3.05, 3.63) is 12.8 Å². The Kier molecular flexibility index (Phi) is 1.68. The fourth-order valence-corrected chi connectivity index (χ4v) is 4.29. The summed E-state index contributed by atoms with van der Waals surface area (Å²) in [6.07, 6.45) is 9.40. The molecule has 0 N–H and O–H groups in total. The van der Waals surface area contributed by atoms with Gasteiger partial charge in [0, 0.05) is 0 Å². The lowest BCUT2D eigenvalue weighted by Gasteiger charge is -2.30. The Labute approximate surface area is 80.2 Å². The van der Waals surface area contributed by atoms with Crippen molar-refractivity contribution in [2.24, 2.45) is 23.7 Å². The van der Waals surface area contributed by atoms with Gasteiger partial charge in [-0.2, -0.15) is 0 Å². The third kappa shape index (κ3) is 0.992. The van der Waals surface area contributed by atoms with Crippen LogP contribution < -0.4 is 0 Å². The third-order valence-corrected chi connectivity index (χ3v) is 4.64. The standard InChI is InChI=1S/C12H18O/c1-2-13-12-7-8-6-11(12)10-5-3-4-9(8)10/h2,8-12H,1,3-7H2/t8?,9?,10?,11-,12?/m1/s1. The maximum atomic E-state index is 5.61. The molecule has 1 nitrogen and oxygen atoms in total. The molecule has 3 saturated carbocycles. The highest BCUT2D eigenvalue weighted by Crippen LogP contribution is 2.59. The van der Waals surface area contributed by atoms with E-state index in [1.807, 2.05) is 0 Å². The summed E-state index contributed by atoms with van der Waals surface area (Å²) in [5.74, 6) is 3.98. The van der Waals surface area contributed by atoms with Crippen LogP contribution >= 0.6 is 0 Å². The van der Waals surface area contributed by atoms with E-state index in [0.717, 1.165) is 23.7 Å². The van der Waals surface area contributed by atoms with E-state index in [1.54, 1.807) is 6.26 Å². The van der Waals surface area contributed by atoms with Gasteiger partial charge in [-0.1, -0.05) is 13.0 Å². The predicted molar refractivity (Wildman–Crippen MR) is 52.1 cm³/mol. The lowest BCUT2D eigenvalue weighted by atomic mass is 9.80. The number of fused-ring (bicyclic) bond motifs is 5. The maximum Gasteiger partial charge on any atom is 0.101 e. The third-order valence-electron chi connectivity index (χ3n) is 4.64. The van der Waals surface area contributed by atoms with Gasteiger partial charge in [0.25, 0.3) is 0 Å². The number of ether oxygens (including phenoxy) is 1. The lowest BCUT2D eigenvalue weighted by molar-refractivity contribution is 0.0492. The van der Waals surface area contributed by atoms with Crippen LogP contribution in [0.3, 0.4) is 0 Å². The van der Waals surface area contributed by atoms with Crippen LogP contribution in [0.25, 0.3) is 0 Å². The molecule has 0 aromatic heterocycles. The van der Waals surface area contributed by atoms with Crippen LogP contribution in [0.4, 0.5) is 0 Å². The molecule has 72 valence electrons. The van der Waals surface area contributed by atoms with E-state index in [1.165, 1.54) is 32.1 Å². The summed E-state index contributed by atoms with van der Waals surface area (Å²) in [4.78, 5) is 0. The summed E-state index contributed by atoms with van der Waals surface area (Å²) < 4.78 is 5.61. The summed E-state index contributed by atoms with van der Waals surface area (Å²) in [7, 11) is 0. The Bertz CT molecular complexity index is 223. The van der Waals surface area contributed by atoms with Crippen molar-refractivity contribution < 1.29 is 4.74 Å². The average Bonchev–Trinajstić information content (AvgIpc) is 2.72. The molecule has 0 amide bonds. The number of rotatable bonds is 2. The predicted octanol–water partition coefficient (Wildman–Crippen LogP) is 2.97. The topological polar surface area (TPSA) is 9.23 Å². The molecule has 0 aromatic carbocycles. The van der Waals surface area contributed by atoms with Crippen LogP contribution in [-0.2, 0) is 4.74 Å². The van der Waals surface area contributed by atoms with E-state index < -0.39 is 0 Å². The zero-order valence-electron chi connectivity index (χ0n) is 8.11. The van der Waals surface area contributed by atoms with Crippen molar-refractivity contribution in [2.45, 2.75) is 38.2 Å². The zero-order chi connectivity index (χ0) is 8.84. The van der Waals surface area contributed by atoms with Crippen LogP contribution in [0.15, 0.2) is 12.8 Å². The van der Waals surface area contributed by atoms with Crippen LogP contribution in [-0.4, -0.2) is 6.10 Å². The van der Waals surface area contributed by atoms with Crippen LogP contribution in [0.5, 0.6) is 0 Å². The second-order valence-electron chi connectivity index (χ2n) is 5.00. The highest BCUT2D eigenvalue weighted by molar-refractivity contribution is 5.03. The maximum absolute atomic E-state index is 5.61. The van der Waals surface area contributed by atoms with E-state index in [4.69, 9.17) is 4.74 Å². The summed E-state index contributed by atoms with van der Waals surface area (Å²) in [5, 5.41) is 0. The van der Waals surface area contributed by atoms with E-state index in [0.29, 0.717) is 6.10 Å². The SMILES string of the molecule is C=COC1CC2C[C@@H]1C1CCCC21. The molecule has 3 aliphatic rings. The van der Waals surface area contributed by atoms with Gasteiger partial charge in [-0.15, -0.1) is 0 Å². The first-order valence-electron chi connectivity index (χ1n) is 5.66. The molecule has 0 spiro atoms. The first-order chi connectivity index (χ1) is 6.40. The van der Waals surface area contributed by atoms with E-state index in [2.05, 4.69) is 6.58 Å². The Morgan fingerprint density at radius 1 is 1.08 bits per heavy atom. The fourth-order valence-electron chi connectivity index (χ4n) is 4.29. The van der Waals surface area contributed by atoms with Crippen LogP contribution in [0, 0.1) is 23.7 Å². The Balaban J connectivity index is 1.77. The van der Waals surface area contributed by atoms with E-state index >= 15 is 0 Å². The largest absolute Gasteiger partial charge is 0.498 e. The first kappa shape index (κ1) is 7.90. The van der Waals surface area contributed by atoms with Crippen molar-refractivity contribution in [1.82, 2.24) is 0 Å². The molecule has 5 atom stereocenters. The second kappa shape index (κ2) is 2.76. The Morgan fingerprint density at radius 3 is 2.77 bits per heavy atom. The van der Waals surface area contributed by atoms with Gasteiger partial charge in [-0.05, 0) is 49.4 Å². The Morgan fingerprint density at radius 2 is 1.92 bits per heavy atom.